The molecule has 0 N–H and O–H groups in total. The van der Waals surface area contributed by atoms with Crippen LogP contribution in [0.3, 0.4) is 0 Å². The minimum atomic E-state index is 0.638. The molecule has 0 nitrogen and oxygen atoms in total. The summed E-state index contributed by atoms with van der Waals surface area (Å²) in [6.45, 7) is 7.86. The summed E-state index contributed by atoms with van der Waals surface area (Å²) in [7, 11) is 0. The van der Waals surface area contributed by atoms with Crippen molar-refractivity contribution in [3.63, 3.8) is 0 Å². The highest BCUT2D eigenvalue weighted by atomic mass is 13.8. The Hall–Kier alpha value is -0.780. The molecule has 0 aliphatic heterocycles. The normalized spacial score (nSPS) is 11.9. The second-order valence-electron chi connectivity index (χ2n) is 2.25. The van der Waals surface area contributed by atoms with Gasteiger partial charge in [-0.25, -0.2) is 0 Å². The van der Waals surface area contributed by atoms with Gasteiger partial charge < -0.3 is 0 Å². The zero-order valence-corrected chi connectivity index (χ0v) is 6.17. The van der Waals surface area contributed by atoms with Gasteiger partial charge in [0, 0.05) is 0 Å². The summed E-state index contributed by atoms with van der Waals surface area (Å²) >= 11 is 0. The molecular weight excluding hydrogens is 108 g/mol. The first-order chi connectivity index (χ1) is 4.27. The molecule has 0 aromatic heterocycles. The van der Waals surface area contributed by atoms with Crippen LogP contribution in [0.1, 0.15) is 13.8 Å². The van der Waals surface area contributed by atoms with Gasteiger partial charge >= 0.3 is 0 Å². The van der Waals surface area contributed by atoms with Gasteiger partial charge in [0.05, 0.1) is 0 Å². The molecule has 0 saturated heterocycles. The highest BCUT2D eigenvalue weighted by molar-refractivity contribution is 5.09. The van der Waals surface area contributed by atoms with Gasteiger partial charge in [-0.3, -0.25) is 0 Å². The molecule has 0 heteroatoms. The second kappa shape index (κ2) is 5.36. The number of hydrogen-bond acceptors (Lipinski definition) is 0. The van der Waals surface area contributed by atoms with E-state index in [1.165, 1.54) is 0 Å². The third-order valence-corrected chi connectivity index (χ3v) is 0.854. The minimum absolute atomic E-state index is 0.638. The third-order valence-electron chi connectivity index (χ3n) is 0.854. The summed E-state index contributed by atoms with van der Waals surface area (Å²) < 4.78 is 0. The summed E-state index contributed by atoms with van der Waals surface area (Å²) in [5, 5.41) is 0. The van der Waals surface area contributed by atoms with Crippen LogP contribution in [0.5, 0.6) is 0 Å². The van der Waals surface area contributed by atoms with Crippen molar-refractivity contribution in [3.05, 3.63) is 37.0 Å². The quantitative estimate of drug-likeness (QED) is 0.505. The largest absolute Gasteiger partial charge is 0.0991 e. The molecular formula is C9H14. The Bertz CT molecular complexity index is 116. The van der Waals surface area contributed by atoms with Crippen LogP contribution in [0, 0.1) is 5.92 Å². The van der Waals surface area contributed by atoms with Crippen LogP contribution in [0.4, 0.5) is 0 Å². The van der Waals surface area contributed by atoms with Gasteiger partial charge in [0.25, 0.3) is 0 Å². The fourth-order valence-electron chi connectivity index (χ4n) is 0.429. The van der Waals surface area contributed by atoms with Crippen molar-refractivity contribution in [2.45, 2.75) is 13.8 Å². The molecule has 0 radical (unpaired) electrons. The van der Waals surface area contributed by atoms with E-state index in [9.17, 15) is 0 Å². The highest BCUT2D eigenvalue weighted by Gasteiger charge is 1.78. The Kier molecular flexibility index (Phi) is 4.89. The fraction of sp³-hybridized carbons (Fsp3) is 0.333. The molecule has 0 rings (SSSR count). The van der Waals surface area contributed by atoms with E-state index < -0.39 is 0 Å². The fourth-order valence-corrected chi connectivity index (χ4v) is 0.429. The number of allylic oxidation sites excluding steroid dienone is 5. The van der Waals surface area contributed by atoms with E-state index in [1.807, 2.05) is 18.2 Å². The molecule has 0 bridgehead atoms. The Morgan fingerprint density at radius 3 is 2.22 bits per heavy atom. The Balaban J connectivity index is 3.46. The summed E-state index contributed by atoms with van der Waals surface area (Å²) in [5.74, 6) is 0.638. The lowest BCUT2D eigenvalue weighted by atomic mass is 10.2. The molecule has 0 atom stereocenters. The maximum atomic E-state index is 3.56. The average molecular weight is 122 g/mol. The van der Waals surface area contributed by atoms with E-state index in [0.29, 0.717) is 5.92 Å². The molecule has 0 aliphatic rings. The van der Waals surface area contributed by atoms with Crippen molar-refractivity contribution < 1.29 is 0 Å². The van der Waals surface area contributed by atoms with Gasteiger partial charge in [-0.15, -0.1) is 0 Å². The van der Waals surface area contributed by atoms with Crippen LogP contribution in [-0.4, -0.2) is 0 Å². The van der Waals surface area contributed by atoms with E-state index in [-0.39, 0.29) is 0 Å². The van der Waals surface area contributed by atoms with Crippen LogP contribution in [-0.2, 0) is 0 Å². The van der Waals surface area contributed by atoms with Gasteiger partial charge in [-0.05, 0) is 5.92 Å². The van der Waals surface area contributed by atoms with E-state index in [2.05, 4.69) is 26.5 Å². The molecule has 9 heavy (non-hydrogen) atoms. The molecule has 0 spiro atoms. The predicted octanol–water partition coefficient (Wildman–Crippen LogP) is 2.94. The van der Waals surface area contributed by atoms with Gasteiger partial charge in [-0.2, -0.15) is 0 Å². The van der Waals surface area contributed by atoms with Gasteiger partial charge in [0.15, 0.2) is 0 Å². The number of hydrogen-bond donors (Lipinski definition) is 0. The zero-order chi connectivity index (χ0) is 7.11. The van der Waals surface area contributed by atoms with Gasteiger partial charge in [0.2, 0.25) is 0 Å². The molecule has 0 heterocycles. The van der Waals surface area contributed by atoms with Crippen molar-refractivity contribution >= 4 is 0 Å². The number of rotatable bonds is 3. The van der Waals surface area contributed by atoms with E-state index >= 15 is 0 Å². The van der Waals surface area contributed by atoms with E-state index in [4.69, 9.17) is 0 Å². The van der Waals surface area contributed by atoms with E-state index in [0.717, 1.165) is 0 Å². The smallest absolute Gasteiger partial charge is 0.0287 e. The second-order valence-corrected chi connectivity index (χ2v) is 2.25. The maximum Gasteiger partial charge on any atom is -0.0287 e. The van der Waals surface area contributed by atoms with Crippen LogP contribution in [0.2, 0.25) is 0 Å². The molecule has 0 aromatic carbocycles. The van der Waals surface area contributed by atoms with Crippen molar-refractivity contribution in [3.8, 4) is 0 Å². The maximum absolute atomic E-state index is 3.56. The molecule has 50 valence electrons. The highest BCUT2D eigenvalue weighted by Crippen LogP contribution is 1.92. The Morgan fingerprint density at radius 1 is 1.11 bits per heavy atom. The minimum Gasteiger partial charge on any atom is -0.0991 e. The monoisotopic (exact) mass is 122 g/mol. The van der Waals surface area contributed by atoms with Gasteiger partial charge in [0.1, 0.15) is 0 Å². The van der Waals surface area contributed by atoms with Crippen molar-refractivity contribution in [2.75, 3.05) is 0 Å². The molecule has 0 fully saturated rings. The first-order valence-corrected chi connectivity index (χ1v) is 3.23. The third kappa shape index (κ3) is 7.22. The molecule has 0 amide bonds. The standard InChI is InChI=1S/C9H14/c1-4-5-6-7-8-9(2)3/h4-9H,1H2,2-3H3/b6-5+,8-7+. The summed E-state index contributed by atoms with van der Waals surface area (Å²) in [6, 6.07) is 0. The average Bonchev–Trinajstić information content (AvgIpc) is 1.80. The Labute approximate surface area is 57.6 Å². The lowest BCUT2D eigenvalue weighted by Gasteiger charge is -1.88. The molecule has 0 unspecified atom stereocenters. The molecule has 0 aromatic rings. The van der Waals surface area contributed by atoms with E-state index in [1.54, 1.807) is 6.08 Å². The first kappa shape index (κ1) is 8.22. The van der Waals surface area contributed by atoms with Crippen LogP contribution < -0.4 is 0 Å². The summed E-state index contributed by atoms with van der Waals surface area (Å²) in [5.41, 5.74) is 0. The van der Waals surface area contributed by atoms with Crippen LogP contribution in [0.15, 0.2) is 37.0 Å². The first-order valence-electron chi connectivity index (χ1n) is 3.23. The molecule has 0 aliphatic carbocycles. The van der Waals surface area contributed by atoms with Crippen LogP contribution >= 0.6 is 0 Å². The lowest BCUT2D eigenvalue weighted by molar-refractivity contribution is 0.832. The van der Waals surface area contributed by atoms with Crippen molar-refractivity contribution in [2.24, 2.45) is 5.92 Å². The Morgan fingerprint density at radius 2 is 1.78 bits per heavy atom. The lowest BCUT2D eigenvalue weighted by Crippen LogP contribution is -1.74. The topological polar surface area (TPSA) is 0 Å². The molecule has 0 saturated carbocycles. The zero-order valence-electron chi connectivity index (χ0n) is 6.17. The van der Waals surface area contributed by atoms with Crippen LogP contribution in [0.25, 0.3) is 0 Å². The predicted molar refractivity (Wildman–Crippen MR) is 43.3 cm³/mol. The SMILES string of the molecule is C=C/C=C/C=C/C(C)C. The van der Waals surface area contributed by atoms with Gasteiger partial charge in [-0.1, -0.05) is 50.8 Å². The summed E-state index contributed by atoms with van der Waals surface area (Å²) in [6.07, 6.45) is 9.84. The van der Waals surface area contributed by atoms with Crippen molar-refractivity contribution in [1.29, 1.82) is 0 Å². The van der Waals surface area contributed by atoms with Crippen molar-refractivity contribution in [1.82, 2.24) is 0 Å². The summed E-state index contributed by atoms with van der Waals surface area (Å²) in [4.78, 5) is 0.